The summed E-state index contributed by atoms with van der Waals surface area (Å²) in [6, 6.07) is 7.88. The lowest BCUT2D eigenvalue weighted by molar-refractivity contribution is -0.119. The third kappa shape index (κ3) is 4.62. The Bertz CT molecular complexity index is 889. The SMILES string of the molecule is O=C(CSc1nnc(-c2ccncc2)n1Cc1ccco1)NC1CCCCC1. The van der Waals surface area contributed by atoms with Gasteiger partial charge in [0.05, 0.1) is 18.6 Å². The van der Waals surface area contributed by atoms with Crippen LogP contribution >= 0.6 is 11.8 Å². The Morgan fingerprint density at radius 2 is 2.00 bits per heavy atom. The molecule has 0 radical (unpaired) electrons. The average Bonchev–Trinajstić information content (AvgIpc) is 3.38. The number of aromatic nitrogens is 4. The number of nitrogens with zero attached hydrogens (tertiary/aromatic N) is 4. The molecule has 146 valence electrons. The van der Waals surface area contributed by atoms with Crippen LogP contribution in [0.15, 0.2) is 52.5 Å². The van der Waals surface area contributed by atoms with Crippen molar-refractivity contribution in [2.75, 3.05) is 5.75 Å². The molecule has 0 bridgehead atoms. The second-order valence-corrected chi connectivity index (χ2v) is 7.84. The summed E-state index contributed by atoms with van der Waals surface area (Å²) in [7, 11) is 0. The van der Waals surface area contributed by atoms with Gasteiger partial charge in [0, 0.05) is 24.0 Å². The third-order valence-electron chi connectivity index (χ3n) is 4.85. The number of rotatable bonds is 7. The molecular formula is C20H23N5O2S. The van der Waals surface area contributed by atoms with Crippen molar-refractivity contribution < 1.29 is 9.21 Å². The van der Waals surface area contributed by atoms with Gasteiger partial charge in [0.25, 0.3) is 0 Å². The van der Waals surface area contributed by atoms with Crippen molar-refractivity contribution in [1.82, 2.24) is 25.1 Å². The number of nitrogens with one attached hydrogen (secondary N) is 1. The molecular weight excluding hydrogens is 374 g/mol. The van der Waals surface area contributed by atoms with Crippen LogP contribution < -0.4 is 5.32 Å². The maximum absolute atomic E-state index is 12.4. The molecule has 0 aliphatic heterocycles. The highest BCUT2D eigenvalue weighted by atomic mass is 32.2. The summed E-state index contributed by atoms with van der Waals surface area (Å²) in [5, 5.41) is 12.5. The van der Waals surface area contributed by atoms with Crippen molar-refractivity contribution in [3.63, 3.8) is 0 Å². The average molecular weight is 398 g/mol. The molecule has 0 unspecified atom stereocenters. The predicted octanol–water partition coefficient (Wildman–Crippen LogP) is 3.52. The van der Waals surface area contributed by atoms with E-state index in [1.165, 1.54) is 31.0 Å². The van der Waals surface area contributed by atoms with Gasteiger partial charge >= 0.3 is 0 Å². The van der Waals surface area contributed by atoms with E-state index in [4.69, 9.17) is 4.42 Å². The monoisotopic (exact) mass is 397 g/mol. The van der Waals surface area contributed by atoms with E-state index >= 15 is 0 Å². The molecule has 3 aromatic rings. The summed E-state index contributed by atoms with van der Waals surface area (Å²) < 4.78 is 7.48. The number of amides is 1. The molecule has 0 saturated heterocycles. The minimum atomic E-state index is 0.0508. The second kappa shape index (κ2) is 9.05. The van der Waals surface area contributed by atoms with E-state index in [1.54, 1.807) is 18.7 Å². The molecule has 3 heterocycles. The summed E-state index contributed by atoms with van der Waals surface area (Å²) in [6.07, 6.45) is 10.9. The quantitative estimate of drug-likeness (QED) is 0.614. The van der Waals surface area contributed by atoms with Crippen LogP contribution in [0.1, 0.15) is 37.9 Å². The first-order chi connectivity index (χ1) is 13.8. The third-order valence-corrected chi connectivity index (χ3v) is 5.82. The van der Waals surface area contributed by atoms with Crippen LogP contribution in [0.4, 0.5) is 0 Å². The highest BCUT2D eigenvalue weighted by Crippen LogP contribution is 2.25. The standard InChI is InChI=1S/C20H23N5O2S/c26-18(22-16-5-2-1-3-6-16)14-28-20-24-23-19(15-8-10-21-11-9-15)25(20)13-17-7-4-12-27-17/h4,7-12,16H,1-3,5-6,13-14H2,(H,22,26). The van der Waals surface area contributed by atoms with Crippen LogP contribution in [0.25, 0.3) is 11.4 Å². The summed E-state index contributed by atoms with van der Waals surface area (Å²) in [5.74, 6) is 1.91. The predicted molar refractivity (Wildman–Crippen MR) is 107 cm³/mol. The van der Waals surface area contributed by atoms with Gasteiger partial charge in [-0.1, -0.05) is 31.0 Å². The number of thioether (sulfide) groups is 1. The van der Waals surface area contributed by atoms with Gasteiger partial charge in [-0.15, -0.1) is 10.2 Å². The first kappa shape index (κ1) is 18.7. The van der Waals surface area contributed by atoms with E-state index in [0.717, 1.165) is 30.0 Å². The molecule has 8 heteroatoms. The topological polar surface area (TPSA) is 85.8 Å². The fourth-order valence-corrected chi connectivity index (χ4v) is 4.21. The van der Waals surface area contributed by atoms with Crippen LogP contribution in [0.5, 0.6) is 0 Å². The van der Waals surface area contributed by atoms with Gasteiger partial charge in [0.15, 0.2) is 11.0 Å². The molecule has 1 aliphatic carbocycles. The highest BCUT2D eigenvalue weighted by molar-refractivity contribution is 7.99. The van der Waals surface area contributed by atoms with Gasteiger partial charge in [0.1, 0.15) is 5.76 Å². The van der Waals surface area contributed by atoms with Gasteiger partial charge in [0.2, 0.25) is 5.91 Å². The molecule has 28 heavy (non-hydrogen) atoms. The minimum absolute atomic E-state index is 0.0508. The normalized spacial score (nSPS) is 14.9. The highest BCUT2D eigenvalue weighted by Gasteiger charge is 2.19. The van der Waals surface area contributed by atoms with E-state index in [1.807, 2.05) is 28.8 Å². The Labute approximate surface area is 167 Å². The molecule has 0 aromatic carbocycles. The fourth-order valence-electron chi connectivity index (χ4n) is 3.46. The zero-order valence-electron chi connectivity index (χ0n) is 15.6. The Morgan fingerprint density at radius 3 is 2.75 bits per heavy atom. The summed E-state index contributed by atoms with van der Waals surface area (Å²) >= 11 is 1.40. The van der Waals surface area contributed by atoms with E-state index in [0.29, 0.717) is 23.5 Å². The molecule has 4 rings (SSSR count). The number of carbonyl (C=O) groups excluding carboxylic acids is 1. The number of pyridine rings is 1. The van der Waals surface area contributed by atoms with E-state index < -0.39 is 0 Å². The largest absolute Gasteiger partial charge is 0.467 e. The van der Waals surface area contributed by atoms with Crippen LogP contribution in [0.2, 0.25) is 0 Å². The molecule has 1 amide bonds. The lowest BCUT2D eigenvalue weighted by Gasteiger charge is -2.22. The molecule has 1 saturated carbocycles. The van der Waals surface area contributed by atoms with Crippen molar-refractivity contribution in [3.8, 4) is 11.4 Å². The van der Waals surface area contributed by atoms with Gasteiger partial charge in [-0.2, -0.15) is 0 Å². The molecule has 1 fully saturated rings. The first-order valence-corrected chi connectivity index (χ1v) is 10.6. The van der Waals surface area contributed by atoms with Crippen LogP contribution in [0.3, 0.4) is 0 Å². The number of carbonyl (C=O) groups is 1. The summed E-state index contributed by atoms with van der Waals surface area (Å²) in [5.41, 5.74) is 0.924. The van der Waals surface area contributed by atoms with Crippen molar-refractivity contribution in [3.05, 3.63) is 48.7 Å². The van der Waals surface area contributed by atoms with E-state index in [-0.39, 0.29) is 5.91 Å². The molecule has 0 spiro atoms. The minimum Gasteiger partial charge on any atom is -0.467 e. The Balaban J connectivity index is 1.48. The van der Waals surface area contributed by atoms with Crippen LogP contribution in [-0.2, 0) is 11.3 Å². The maximum atomic E-state index is 12.4. The van der Waals surface area contributed by atoms with Crippen molar-refractivity contribution in [1.29, 1.82) is 0 Å². The first-order valence-electron chi connectivity index (χ1n) is 9.58. The van der Waals surface area contributed by atoms with Crippen LogP contribution in [-0.4, -0.2) is 37.5 Å². The Hall–Kier alpha value is -2.61. The Kier molecular flexibility index (Phi) is 6.06. The maximum Gasteiger partial charge on any atom is 0.230 e. The Morgan fingerprint density at radius 1 is 1.18 bits per heavy atom. The zero-order chi connectivity index (χ0) is 19.2. The van der Waals surface area contributed by atoms with Gasteiger partial charge in [-0.05, 0) is 37.1 Å². The lowest BCUT2D eigenvalue weighted by Crippen LogP contribution is -2.37. The molecule has 7 nitrogen and oxygen atoms in total. The number of hydrogen-bond donors (Lipinski definition) is 1. The number of furan rings is 1. The van der Waals surface area contributed by atoms with Gasteiger partial charge < -0.3 is 9.73 Å². The number of hydrogen-bond acceptors (Lipinski definition) is 6. The van der Waals surface area contributed by atoms with Crippen molar-refractivity contribution in [2.45, 2.75) is 49.8 Å². The van der Waals surface area contributed by atoms with Gasteiger partial charge in [-0.25, -0.2) is 0 Å². The smallest absolute Gasteiger partial charge is 0.230 e. The van der Waals surface area contributed by atoms with E-state index in [2.05, 4.69) is 20.5 Å². The summed E-state index contributed by atoms with van der Waals surface area (Å²) in [6.45, 7) is 0.504. The fraction of sp³-hybridized carbons (Fsp3) is 0.400. The van der Waals surface area contributed by atoms with Gasteiger partial charge in [-0.3, -0.25) is 14.3 Å². The van der Waals surface area contributed by atoms with Crippen molar-refractivity contribution >= 4 is 17.7 Å². The van der Waals surface area contributed by atoms with Crippen LogP contribution in [0, 0.1) is 0 Å². The lowest BCUT2D eigenvalue weighted by atomic mass is 9.95. The second-order valence-electron chi connectivity index (χ2n) is 6.90. The molecule has 3 aromatic heterocycles. The molecule has 1 aliphatic rings. The molecule has 0 atom stereocenters. The summed E-state index contributed by atoms with van der Waals surface area (Å²) in [4.78, 5) is 16.4. The van der Waals surface area contributed by atoms with Crippen molar-refractivity contribution in [2.24, 2.45) is 0 Å². The zero-order valence-corrected chi connectivity index (χ0v) is 16.4. The van der Waals surface area contributed by atoms with E-state index in [9.17, 15) is 4.79 Å². The molecule has 1 N–H and O–H groups in total.